The summed E-state index contributed by atoms with van der Waals surface area (Å²) < 4.78 is 0. The molecule has 3 heterocycles. The standard InChI is InChI=1S/C31H47N5O2/c37-30(35-19-17-34(18-20-35)29-9-4-10-29)24-33-15-13-32(14-16-33)22-25-5-3-8-27(21-25)31(38)36-12-11-26-6-1-2-7-28(26)23-36/h3,5,8,21,26,28-29H,1-2,4,6-7,9-20,22-24H2/t26-,28-/m1/s1. The van der Waals surface area contributed by atoms with Gasteiger partial charge in [-0.3, -0.25) is 24.3 Å². The molecule has 3 saturated heterocycles. The van der Waals surface area contributed by atoms with Gasteiger partial charge in [0.2, 0.25) is 5.91 Å². The Labute approximate surface area is 229 Å². The largest absolute Gasteiger partial charge is 0.339 e. The Morgan fingerprint density at radius 1 is 0.711 bits per heavy atom. The van der Waals surface area contributed by atoms with E-state index in [1.54, 1.807) is 0 Å². The van der Waals surface area contributed by atoms with Crippen LogP contribution in [0.2, 0.25) is 0 Å². The molecule has 0 aromatic heterocycles. The van der Waals surface area contributed by atoms with E-state index in [2.05, 4.69) is 42.7 Å². The minimum atomic E-state index is 0.215. The topological polar surface area (TPSA) is 50.3 Å². The maximum Gasteiger partial charge on any atom is 0.253 e. The molecule has 3 aliphatic heterocycles. The van der Waals surface area contributed by atoms with Gasteiger partial charge in [0.25, 0.3) is 5.91 Å². The molecule has 0 radical (unpaired) electrons. The molecule has 6 rings (SSSR count). The van der Waals surface area contributed by atoms with Gasteiger partial charge in [0.1, 0.15) is 0 Å². The summed E-state index contributed by atoms with van der Waals surface area (Å²) in [6.07, 6.45) is 10.6. The smallest absolute Gasteiger partial charge is 0.253 e. The molecule has 38 heavy (non-hydrogen) atoms. The molecule has 1 aromatic carbocycles. The molecule has 0 bridgehead atoms. The van der Waals surface area contributed by atoms with Crippen LogP contribution < -0.4 is 0 Å². The van der Waals surface area contributed by atoms with Crippen molar-refractivity contribution in [2.24, 2.45) is 11.8 Å². The van der Waals surface area contributed by atoms with Crippen molar-refractivity contribution >= 4 is 11.8 Å². The van der Waals surface area contributed by atoms with Gasteiger partial charge in [0.05, 0.1) is 6.54 Å². The van der Waals surface area contributed by atoms with Gasteiger partial charge in [-0.1, -0.05) is 37.8 Å². The first kappa shape index (κ1) is 26.3. The third-order valence-electron chi connectivity index (χ3n) is 10.2. The quantitative estimate of drug-likeness (QED) is 0.576. The monoisotopic (exact) mass is 521 g/mol. The highest BCUT2D eigenvalue weighted by Gasteiger charge is 2.33. The number of carbonyl (C=O) groups is 2. The number of benzene rings is 1. The van der Waals surface area contributed by atoms with Crippen LogP contribution in [0.25, 0.3) is 0 Å². The molecule has 0 N–H and O–H groups in total. The average Bonchev–Trinajstić information content (AvgIpc) is 2.93. The van der Waals surface area contributed by atoms with E-state index in [-0.39, 0.29) is 5.91 Å². The zero-order valence-electron chi connectivity index (χ0n) is 23.2. The van der Waals surface area contributed by atoms with Crippen molar-refractivity contribution in [3.8, 4) is 0 Å². The van der Waals surface area contributed by atoms with E-state index in [1.165, 1.54) is 56.9 Å². The first-order valence-corrected chi connectivity index (χ1v) is 15.5. The average molecular weight is 522 g/mol. The zero-order chi connectivity index (χ0) is 25.9. The molecular formula is C31H47N5O2. The fraction of sp³-hybridized carbons (Fsp3) is 0.742. The predicted molar refractivity (Wildman–Crippen MR) is 150 cm³/mol. The summed E-state index contributed by atoms with van der Waals surface area (Å²) in [5, 5.41) is 0. The molecule has 1 aromatic rings. The molecule has 7 nitrogen and oxygen atoms in total. The molecule has 208 valence electrons. The van der Waals surface area contributed by atoms with Gasteiger partial charge in [-0.15, -0.1) is 0 Å². The minimum absolute atomic E-state index is 0.215. The summed E-state index contributed by atoms with van der Waals surface area (Å²) in [5.74, 6) is 2.07. The van der Waals surface area contributed by atoms with E-state index in [4.69, 9.17) is 0 Å². The third-order valence-corrected chi connectivity index (χ3v) is 10.2. The number of amides is 2. The number of fused-ring (bicyclic) bond motifs is 1. The second kappa shape index (κ2) is 12.1. The summed E-state index contributed by atoms with van der Waals surface area (Å²) in [5.41, 5.74) is 2.07. The molecular weight excluding hydrogens is 474 g/mol. The van der Waals surface area contributed by atoms with Crippen LogP contribution >= 0.6 is 0 Å². The Balaban J connectivity index is 0.942. The van der Waals surface area contributed by atoms with E-state index in [0.717, 1.165) is 89.5 Å². The molecule has 0 spiro atoms. The lowest BCUT2D eigenvalue weighted by Gasteiger charge is -2.43. The Hall–Kier alpha value is -1.96. The SMILES string of the molecule is O=C(CN1CCN(Cc2cccc(C(=O)N3CC[C@H]4CCCC[C@@H]4C3)c2)CC1)N1CCN(C2CCC2)CC1. The molecule has 0 unspecified atom stereocenters. The fourth-order valence-corrected chi connectivity index (χ4v) is 7.51. The maximum absolute atomic E-state index is 13.3. The van der Waals surface area contributed by atoms with Crippen LogP contribution in [-0.2, 0) is 11.3 Å². The summed E-state index contributed by atoms with van der Waals surface area (Å²) >= 11 is 0. The summed E-state index contributed by atoms with van der Waals surface area (Å²) in [4.78, 5) is 37.8. The van der Waals surface area contributed by atoms with Crippen LogP contribution in [-0.4, -0.2) is 114 Å². The van der Waals surface area contributed by atoms with Gasteiger partial charge in [-0.05, 0) is 55.2 Å². The highest BCUT2D eigenvalue weighted by Crippen LogP contribution is 2.36. The van der Waals surface area contributed by atoms with Crippen LogP contribution in [0, 0.1) is 11.8 Å². The first-order chi connectivity index (χ1) is 18.6. The first-order valence-electron chi connectivity index (χ1n) is 15.5. The predicted octanol–water partition coefficient (Wildman–Crippen LogP) is 3.15. The Kier molecular flexibility index (Phi) is 8.33. The van der Waals surface area contributed by atoms with Gasteiger partial charge in [0, 0.05) is 83.6 Å². The molecule has 2 atom stereocenters. The highest BCUT2D eigenvalue weighted by atomic mass is 16.2. The van der Waals surface area contributed by atoms with Crippen molar-refractivity contribution in [1.82, 2.24) is 24.5 Å². The van der Waals surface area contributed by atoms with Crippen molar-refractivity contribution in [2.75, 3.05) is 72.0 Å². The van der Waals surface area contributed by atoms with E-state index in [9.17, 15) is 9.59 Å². The van der Waals surface area contributed by atoms with Crippen LogP contribution in [0.3, 0.4) is 0 Å². The Morgan fingerprint density at radius 3 is 2.18 bits per heavy atom. The Morgan fingerprint density at radius 2 is 1.45 bits per heavy atom. The lowest BCUT2D eigenvalue weighted by Crippen LogP contribution is -2.56. The van der Waals surface area contributed by atoms with E-state index in [0.29, 0.717) is 18.4 Å². The molecule has 5 fully saturated rings. The summed E-state index contributed by atoms with van der Waals surface area (Å²) in [7, 11) is 0. The zero-order valence-corrected chi connectivity index (χ0v) is 23.2. The third kappa shape index (κ3) is 6.10. The number of hydrogen-bond acceptors (Lipinski definition) is 5. The summed E-state index contributed by atoms with van der Waals surface area (Å²) in [6.45, 7) is 11.0. The van der Waals surface area contributed by atoms with Crippen molar-refractivity contribution in [3.05, 3.63) is 35.4 Å². The van der Waals surface area contributed by atoms with Gasteiger partial charge >= 0.3 is 0 Å². The molecule has 2 saturated carbocycles. The number of hydrogen-bond donors (Lipinski definition) is 0. The van der Waals surface area contributed by atoms with E-state index < -0.39 is 0 Å². The van der Waals surface area contributed by atoms with Gasteiger partial charge < -0.3 is 9.80 Å². The van der Waals surface area contributed by atoms with Crippen molar-refractivity contribution in [2.45, 2.75) is 64.0 Å². The number of nitrogens with zero attached hydrogens (tertiary/aromatic N) is 5. The maximum atomic E-state index is 13.3. The highest BCUT2D eigenvalue weighted by molar-refractivity contribution is 5.94. The molecule has 2 aliphatic carbocycles. The van der Waals surface area contributed by atoms with Crippen LogP contribution in [0.5, 0.6) is 0 Å². The van der Waals surface area contributed by atoms with Crippen molar-refractivity contribution < 1.29 is 9.59 Å². The normalized spacial score (nSPS) is 28.1. The molecule has 7 heteroatoms. The second-order valence-corrected chi connectivity index (χ2v) is 12.6. The molecule has 5 aliphatic rings. The van der Waals surface area contributed by atoms with Crippen LogP contribution in [0.1, 0.15) is 67.3 Å². The van der Waals surface area contributed by atoms with Crippen LogP contribution in [0.4, 0.5) is 0 Å². The number of likely N-dealkylation sites (tertiary alicyclic amines) is 1. The lowest BCUT2D eigenvalue weighted by atomic mass is 9.75. The number of rotatable bonds is 6. The lowest BCUT2D eigenvalue weighted by molar-refractivity contribution is -0.135. The fourth-order valence-electron chi connectivity index (χ4n) is 7.51. The van der Waals surface area contributed by atoms with Crippen LogP contribution in [0.15, 0.2) is 24.3 Å². The second-order valence-electron chi connectivity index (χ2n) is 12.6. The summed E-state index contributed by atoms with van der Waals surface area (Å²) in [6, 6.07) is 9.11. The van der Waals surface area contributed by atoms with E-state index in [1.807, 2.05) is 6.07 Å². The number of piperazine rings is 2. The van der Waals surface area contributed by atoms with Gasteiger partial charge in [0.15, 0.2) is 0 Å². The molecule has 2 amide bonds. The van der Waals surface area contributed by atoms with Gasteiger partial charge in [-0.25, -0.2) is 0 Å². The van der Waals surface area contributed by atoms with Crippen molar-refractivity contribution in [1.29, 1.82) is 0 Å². The van der Waals surface area contributed by atoms with Crippen molar-refractivity contribution in [3.63, 3.8) is 0 Å². The number of piperidine rings is 1. The van der Waals surface area contributed by atoms with Gasteiger partial charge in [-0.2, -0.15) is 0 Å². The number of carbonyl (C=O) groups excluding carboxylic acids is 2. The Bertz CT molecular complexity index is 965. The minimum Gasteiger partial charge on any atom is -0.339 e. The van der Waals surface area contributed by atoms with E-state index >= 15 is 0 Å².